The number of ether oxygens (including phenoxy) is 1. The lowest BCUT2D eigenvalue weighted by atomic mass is 9.78. The Bertz CT molecular complexity index is 262. The molecule has 0 bridgehead atoms. The molecule has 1 fully saturated rings. The number of methoxy groups -OCH3 is 1. The highest BCUT2D eigenvalue weighted by atomic mass is 16.5. The predicted octanol–water partition coefficient (Wildman–Crippen LogP) is 1.01. The number of nitrogens with one attached hydrogen (secondary N) is 1. The van der Waals surface area contributed by atoms with E-state index >= 15 is 0 Å². The normalized spacial score (nSPS) is 30.1. The second-order valence-corrected chi connectivity index (χ2v) is 5.28. The molecule has 0 heterocycles. The highest BCUT2D eigenvalue weighted by molar-refractivity contribution is 5.70. The molecular weight excluding hydrogens is 234 g/mol. The van der Waals surface area contributed by atoms with Gasteiger partial charge in [0.1, 0.15) is 0 Å². The van der Waals surface area contributed by atoms with E-state index in [4.69, 9.17) is 9.84 Å². The van der Waals surface area contributed by atoms with E-state index in [-0.39, 0.29) is 12.0 Å². The van der Waals surface area contributed by atoms with Crippen molar-refractivity contribution in [1.82, 2.24) is 5.32 Å². The summed E-state index contributed by atoms with van der Waals surface area (Å²) in [6.07, 6.45) is 3.19. The van der Waals surface area contributed by atoms with Crippen LogP contribution >= 0.6 is 0 Å². The van der Waals surface area contributed by atoms with Gasteiger partial charge in [-0.05, 0) is 32.1 Å². The summed E-state index contributed by atoms with van der Waals surface area (Å²) >= 11 is 0. The second-order valence-electron chi connectivity index (χ2n) is 5.28. The van der Waals surface area contributed by atoms with Gasteiger partial charge in [0.25, 0.3) is 0 Å². The quantitative estimate of drug-likeness (QED) is 0.636. The van der Waals surface area contributed by atoms with Crippen molar-refractivity contribution in [2.24, 2.45) is 5.92 Å². The number of hydrogen-bond acceptors (Lipinski definition) is 4. The molecule has 1 unspecified atom stereocenters. The molecular formula is C13H25NO4. The van der Waals surface area contributed by atoms with Crippen LogP contribution in [0.25, 0.3) is 0 Å². The van der Waals surface area contributed by atoms with Crippen LogP contribution in [-0.2, 0) is 9.53 Å². The van der Waals surface area contributed by atoms with Crippen molar-refractivity contribution in [3.05, 3.63) is 0 Å². The van der Waals surface area contributed by atoms with Gasteiger partial charge in [-0.15, -0.1) is 0 Å². The number of aliphatic hydroxyl groups is 1. The zero-order valence-electron chi connectivity index (χ0n) is 11.3. The molecule has 5 heteroatoms. The molecule has 0 amide bonds. The van der Waals surface area contributed by atoms with E-state index in [1.54, 1.807) is 7.11 Å². The molecule has 0 radical (unpaired) electrons. The second kappa shape index (κ2) is 7.07. The SMILES string of the molecule is CCC(COC)NCC1(O)CCC(C(=O)O)CC1. The number of rotatable bonds is 7. The van der Waals surface area contributed by atoms with Gasteiger partial charge in [-0.25, -0.2) is 0 Å². The Kier molecular flexibility index (Phi) is 6.05. The summed E-state index contributed by atoms with van der Waals surface area (Å²) in [4.78, 5) is 10.8. The lowest BCUT2D eigenvalue weighted by molar-refractivity contribution is -0.144. The van der Waals surface area contributed by atoms with Gasteiger partial charge in [0, 0.05) is 19.7 Å². The number of aliphatic carboxylic acids is 1. The first-order valence-corrected chi connectivity index (χ1v) is 6.68. The minimum absolute atomic E-state index is 0.247. The summed E-state index contributed by atoms with van der Waals surface area (Å²) in [6.45, 7) is 3.22. The van der Waals surface area contributed by atoms with E-state index in [9.17, 15) is 9.90 Å². The molecule has 1 aliphatic carbocycles. The maximum atomic E-state index is 10.8. The van der Waals surface area contributed by atoms with Gasteiger partial charge >= 0.3 is 5.97 Å². The van der Waals surface area contributed by atoms with Crippen LogP contribution in [0.15, 0.2) is 0 Å². The number of carboxylic acid groups (broad SMARTS) is 1. The summed E-state index contributed by atoms with van der Waals surface area (Å²) in [6, 6.07) is 0.247. The van der Waals surface area contributed by atoms with Crippen LogP contribution in [0.3, 0.4) is 0 Å². The molecule has 0 spiro atoms. The molecule has 0 aromatic carbocycles. The predicted molar refractivity (Wildman–Crippen MR) is 68.5 cm³/mol. The molecule has 1 atom stereocenters. The third-order valence-corrected chi connectivity index (χ3v) is 3.85. The van der Waals surface area contributed by atoms with Gasteiger partial charge in [0.2, 0.25) is 0 Å². The molecule has 0 saturated heterocycles. The van der Waals surface area contributed by atoms with Crippen molar-refractivity contribution in [1.29, 1.82) is 0 Å². The van der Waals surface area contributed by atoms with Gasteiger partial charge in [0.15, 0.2) is 0 Å². The fourth-order valence-corrected chi connectivity index (χ4v) is 2.44. The lowest BCUT2D eigenvalue weighted by Gasteiger charge is -2.36. The first-order valence-electron chi connectivity index (χ1n) is 6.68. The average molecular weight is 259 g/mol. The summed E-state index contributed by atoms with van der Waals surface area (Å²) in [5.74, 6) is -1.03. The Morgan fingerprint density at radius 1 is 1.50 bits per heavy atom. The van der Waals surface area contributed by atoms with Crippen molar-refractivity contribution in [3.8, 4) is 0 Å². The molecule has 18 heavy (non-hydrogen) atoms. The average Bonchev–Trinajstić information content (AvgIpc) is 2.35. The van der Waals surface area contributed by atoms with Crippen LogP contribution < -0.4 is 5.32 Å². The zero-order valence-corrected chi connectivity index (χ0v) is 11.3. The first kappa shape index (κ1) is 15.4. The number of carbonyl (C=O) groups is 1. The molecule has 1 aliphatic rings. The van der Waals surface area contributed by atoms with Crippen LogP contribution in [0.5, 0.6) is 0 Å². The summed E-state index contributed by atoms with van der Waals surface area (Å²) in [5.41, 5.74) is -0.757. The fraction of sp³-hybridized carbons (Fsp3) is 0.923. The Labute approximate surface area is 109 Å². The van der Waals surface area contributed by atoms with Crippen LogP contribution in [0.2, 0.25) is 0 Å². The molecule has 3 N–H and O–H groups in total. The molecule has 5 nitrogen and oxygen atoms in total. The number of carboxylic acids is 1. The Morgan fingerprint density at radius 3 is 2.56 bits per heavy atom. The largest absolute Gasteiger partial charge is 0.481 e. The summed E-state index contributed by atoms with van der Waals surface area (Å²) in [5, 5.41) is 22.6. The summed E-state index contributed by atoms with van der Waals surface area (Å²) < 4.78 is 5.09. The van der Waals surface area contributed by atoms with E-state index in [1.165, 1.54) is 0 Å². The maximum Gasteiger partial charge on any atom is 0.306 e. The van der Waals surface area contributed by atoms with E-state index < -0.39 is 11.6 Å². The van der Waals surface area contributed by atoms with Gasteiger partial charge < -0.3 is 20.3 Å². The molecule has 1 rings (SSSR count). The van der Waals surface area contributed by atoms with Crippen LogP contribution in [0.1, 0.15) is 39.0 Å². The Balaban J connectivity index is 2.35. The Hall–Kier alpha value is -0.650. The van der Waals surface area contributed by atoms with Gasteiger partial charge in [-0.2, -0.15) is 0 Å². The smallest absolute Gasteiger partial charge is 0.306 e. The molecule has 106 valence electrons. The minimum atomic E-state index is -0.757. The van der Waals surface area contributed by atoms with E-state index in [0.717, 1.165) is 6.42 Å². The van der Waals surface area contributed by atoms with E-state index in [2.05, 4.69) is 12.2 Å². The van der Waals surface area contributed by atoms with Crippen molar-refractivity contribution >= 4 is 5.97 Å². The van der Waals surface area contributed by atoms with Crippen molar-refractivity contribution in [2.75, 3.05) is 20.3 Å². The zero-order chi connectivity index (χ0) is 13.6. The molecule has 0 aromatic heterocycles. The molecule has 0 aromatic rings. The standard InChI is InChI=1S/C13H25NO4/c1-3-11(8-18-2)14-9-13(17)6-4-10(5-7-13)12(15)16/h10-11,14,17H,3-9H2,1-2H3,(H,15,16). The van der Waals surface area contributed by atoms with E-state index in [1.807, 2.05) is 0 Å². The van der Waals surface area contributed by atoms with Crippen molar-refractivity contribution in [3.63, 3.8) is 0 Å². The van der Waals surface area contributed by atoms with Crippen molar-refractivity contribution < 1.29 is 19.7 Å². The van der Waals surface area contributed by atoms with Gasteiger partial charge in [0.05, 0.1) is 18.1 Å². The molecule has 0 aliphatic heterocycles. The maximum absolute atomic E-state index is 10.8. The van der Waals surface area contributed by atoms with Crippen molar-refractivity contribution in [2.45, 2.75) is 50.7 Å². The van der Waals surface area contributed by atoms with Gasteiger partial charge in [-0.3, -0.25) is 4.79 Å². The molecule has 1 saturated carbocycles. The minimum Gasteiger partial charge on any atom is -0.481 e. The topological polar surface area (TPSA) is 78.8 Å². The highest BCUT2D eigenvalue weighted by Crippen LogP contribution is 2.31. The third kappa shape index (κ3) is 4.55. The van der Waals surface area contributed by atoms with Gasteiger partial charge in [-0.1, -0.05) is 6.92 Å². The fourth-order valence-electron chi connectivity index (χ4n) is 2.44. The first-order chi connectivity index (χ1) is 8.50. The van der Waals surface area contributed by atoms with E-state index in [0.29, 0.717) is 38.8 Å². The Morgan fingerprint density at radius 2 is 2.11 bits per heavy atom. The summed E-state index contributed by atoms with van der Waals surface area (Å²) in [7, 11) is 1.66. The monoisotopic (exact) mass is 259 g/mol. The van der Waals surface area contributed by atoms with Crippen LogP contribution in [0, 0.1) is 5.92 Å². The third-order valence-electron chi connectivity index (χ3n) is 3.85. The van der Waals surface area contributed by atoms with Crippen LogP contribution in [-0.4, -0.2) is 48.1 Å². The van der Waals surface area contributed by atoms with Crippen LogP contribution in [0.4, 0.5) is 0 Å². The highest BCUT2D eigenvalue weighted by Gasteiger charge is 2.35. The number of hydrogen-bond donors (Lipinski definition) is 3. The lowest BCUT2D eigenvalue weighted by Crippen LogP contribution is -2.48.